The minimum atomic E-state index is -0.200. The molecule has 0 radical (unpaired) electrons. The molecule has 0 saturated carbocycles. The SMILES string of the molecule is Cc1nn(C)cc1C(C)NC(=O)c1cn[nH]c1-c1cccc(Cl)c1. The second-order valence-corrected chi connectivity index (χ2v) is 6.14. The van der Waals surface area contributed by atoms with Gasteiger partial charge in [-0.3, -0.25) is 14.6 Å². The van der Waals surface area contributed by atoms with E-state index in [1.807, 2.05) is 39.2 Å². The third-order valence-corrected chi connectivity index (χ3v) is 4.10. The minimum absolute atomic E-state index is 0.159. The molecule has 1 amide bonds. The molecule has 0 spiro atoms. The number of nitrogens with zero attached hydrogens (tertiary/aromatic N) is 3. The second kappa shape index (κ2) is 6.49. The number of hydrogen-bond acceptors (Lipinski definition) is 3. The Bertz CT molecular complexity index is 883. The minimum Gasteiger partial charge on any atom is -0.345 e. The molecule has 0 bridgehead atoms. The fraction of sp³-hybridized carbons (Fsp3) is 0.235. The van der Waals surface area contributed by atoms with Gasteiger partial charge in [0.1, 0.15) is 0 Å². The molecule has 3 rings (SSSR count). The zero-order valence-corrected chi connectivity index (χ0v) is 14.4. The van der Waals surface area contributed by atoms with Crippen molar-refractivity contribution in [1.29, 1.82) is 0 Å². The van der Waals surface area contributed by atoms with Gasteiger partial charge in [-0.05, 0) is 26.0 Å². The lowest BCUT2D eigenvalue weighted by Gasteiger charge is -2.13. The molecule has 0 saturated heterocycles. The van der Waals surface area contributed by atoms with Crippen LogP contribution in [0.15, 0.2) is 36.7 Å². The van der Waals surface area contributed by atoms with E-state index in [9.17, 15) is 4.79 Å². The zero-order valence-electron chi connectivity index (χ0n) is 13.7. The highest BCUT2D eigenvalue weighted by atomic mass is 35.5. The lowest BCUT2D eigenvalue weighted by atomic mass is 10.1. The number of benzene rings is 1. The highest BCUT2D eigenvalue weighted by molar-refractivity contribution is 6.30. The molecule has 0 aliphatic carbocycles. The van der Waals surface area contributed by atoms with Crippen molar-refractivity contribution < 1.29 is 4.79 Å². The Labute approximate surface area is 144 Å². The van der Waals surface area contributed by atoms with Crippen molar-refractivity contribution in [3.05, 3.63) is 58.5 Å². The second-order valence-electron chi connectivity index (χ2n) is 5.71. The fourth-order valence-electron chi connectivity index (χ4n) is 2.72. The van der Waals surface area contributed by atoms with Gasteiger partial charge in [-0.15, -0.1) is 0 Å². The summed E-state index contributed by atoms with van der Waals surface area (Å²) < 4.78 is 1.74. The van der Waals surface area contributed by atoms with Crippen LogP contribution in [0.4, 0.5) is 0 Å². The molecule has 1 aromatic carbocycles. The number of H-pyrrole nitrogens is 1. The van der Waals surface area contributed by atoms with Crippen molar-refractivity contribution in [2.75, 3.05) is 0 Å². The van der Waals surface area contributed by atoms with Gasteiger partial charge >= 0.3 is 0 Å². The van der Waals surface area contributed by atoms with Gasteiger partial charge in [-0.2, -0.15) is 10.2 Å². The molecule has 1 atom stereocenters. The number of halogens is 1. The van der Waals surface area contributed by atoms with Crippen LogP contribution in [0.2, 0.25) is 5.02 Å². The van der Waals surface area contributed by atoms with Crippen LogP contribution in [-0.2, 0) is 7.05 Å². The first kappa shape index (κ1) is 16.3. The van der Waals surface area contributed by atoms with Crippen molar-refractivity contribution in [3.8, 4) is 11.3 Å². The highest BCUT2D eigenvalue weighted by Crippen LogP contribution is 2.25. The fourth-order valence-corrected chi connectivity index (χ4v) is 2.91. The van der Waals surface area contributed by atoms with E-state index in [4.69, 9.17) is 11.6 Å². The normalized spacial score (nSPS) is 12.2. The third-order valence-electron chi connectivity index (χ3n) is 3.86. The largest absolute Gasteiger partial charge is 0.345 e. The molecule has 7 heteroatoms. The van der Waals surface area contributed by atoms with Crippen LogP contribution in [0.5, 0.6) is 0 Å². The number of carbonyl (C=O) groups excluding carboxylic acids is 1. The number of rotatable bonds is 4. The summed E-state index contributed by atoms with van der Waals surface area (Å²) in [6, 6.07) is 7.13. The van der Waals surface area contributed by atoms with Gasteiger partial charge in [0.05, 0.1) is 29.2 Å². The Kier molecular flexibility index (Phi) is 4.40. The molecule has 1 unspecified atom stereocenters. The molecule has 2 heterocycles. The summed E-state index contributed by atoms with van der Waals surface area (Å²) in [6.45, 7) is 3.86. The summed E-state index contributed by atoms with van der Waals surface area (Å²) >= 11 is 6.03. The first-order chi connectivity index (χ1) is 11.5. The van der Waals surface area contributed by atoms with Gasteiger partial charge in [0, 0.05) is 29.4 Å². The Hall–Kier alpha value is -2.60. The van der Waals surface area contributed by atoms with E-state index in [1.54, 1.807) is 16.8 Å². The van der Waals surface area contributed by atoms with Gasteiger partial charge in [0.25, 0.3) is 5.91 Å². The van der Waals surface area contributed by atoms with Gasteiger partial charge in [-0.1, -0.05) is 23.7 Å². The molecule has 0 aliphatic heterocycles. The Balaban J connectivity index is 1.84. The first-order valence-electron chi connectivity index (χ1n) is 7.56. The topological polar surface area (TPSA) is 75.6 Å². The Morgan fingerprint density at radius 1 is 1.42 bits per heavy atom. The van der Waals surface area contributed by atoms with Crippen LogP contribution in [0.25, 0.3) is 11.3 Å². The molecular formula is C17H18ClN5O. The highest BCUT2D eigenvalue weighted by Gasteiger charge is 2.19. The van der Waals surface area contributed by atoms with E-state index >= 15 is 0 Å². The first-order valence-corrected chi connectivity index (χ1v) is 7.94. The summed E-state index contributed by atoms with van der Waals surface area (Å²) in [5.74, 6) is -0.200. The van der Waals surface area contributed by atoms with Crippen LogP contribution in [0, 0.1) is 6.92 Å². The number of aromatic nitrogens is 4. The van der Waals surface area contributed by atoms with E-state index in [2.05, 4.69) is 20.6 Å². The molecule has 0 aliphatic rings. The number of amides is 1. The Morgan fingerprint density at radius 3 is 2.88 bits per heavy atom. The Morgan fingerprint density at radius 2 is 2.21 bits per heavy atom. The maximum atomic E-state index is 12.7. The molecule has 0 fully saturated rings. The summed E-state index contributed by atoms with van der Waals surface area (Å²) in [4.78, 5) is 12.7. The van der Waals surface area contributed by atoms with E-state index < -0.39 is 0 Å². The number of aromatic amines is 1. The molecule has 6 nitrogen and oxygen atoms in total. The van der Waals surface area contributed by atoms with Gasteiger partial charge < -0.3 is 5.32 Å². The van der Waals surface area contributed by atoms with Crippen LogP contribution in [0.1, 0.15) is 34.6 Å². The summed E-state index contributed by atoms with van der Waals surface area (Å²) in [5.41, 5.74) is 3.82. The average Bonchev–Trinajstić information content (AvgIpc) is 3.13. The van der Waals surface area contributed by atoms with Crippen LogP contribution >= 0.6 is 11.6 Å². The monoisotopic (exact) mass is 343 g/mol. The standard InChI is InChI=1S/C17H18ClN5O/c1-10(15-9-23(3)22-11(15)2)20-17(24)14-8-19-21-16(14)12-5-4-6-13(18)7-12/h4-10H,1-3H3,(H,19,21)(H,20,24). The lowest BCUT2D eigenvalue weighted by molar-refractivity contribution is 0.0940. The summed E-state index contributed by atoms with van der Waals surface area (Å²) in [5, 5.41) is 14.8. The molecule has 2 aromatic heterocycles. The van der Waals surface area contributed by atoms with Crippen molar-refractivity contribution >= 4 is 17.5 Å². The summed E-state index contributed by atoms with van der Waals surface area (Å²) in [7, 11) is 1.86. The number of nitrogens with one attached hydrogen (secondary N) is 2. The predicted molar refractivity (Wildman–Crippen MR) is 92.9 cm³/mol. The van der Waals surface area contributed by atoms with Gasteiger partial charge in [-0.25, -0.2) is 0 Å². The third kappa shape index (κ3) is 3.19. The van der Waals surface area contributed by atoms with Gasteiger partial charge in [0.2, 0.25) is 0 Å². The van der Waals surface area contributed by atoms with Crippen molar-refractivity contribution in [2.24, 2.45) is 7.05 Å². The van der Waals surface area contributed by atoms with E-state index in [1.165, 1.54) is 6.20 Å². The van der Waals surface area contributed by atoms with Crippen LogP contribution in [-0.4, -0.2) is 25.9 Å². The maximum Gasteiger partial charge on any atom is 0.255 e. The van der Waals surface area contributed by atoms with Crippen molar-refractivity contribution in [1.82, 2.24) is 25.3 Å². The number of hydrogen-bond donors (Lipinski definition) is 2. The quantitative estimate of drug-likeness (QED) is 0.763. The smallest absolute Gasteiger partial charge is 0.255 e. The van der Waals surface area contributed by atoms with Crippen LogP contribution in [0.3, 0.4) is 0 Å². The predicted octanol–water partition coefficient (Wildman–Crippen LogP) is 3.26. The molecule has 124 valence electrons. The lowest BCUT2D eigenvalue weighted by Crippen LogP contribution is -2.27. The molecular weight excluding hydrogens is 326 g/mol. The van der Waals surface area contributed by atoms with Crippen molar-refractivity contribution in [3.63, 3.8) is 0 Å². The number of aryl methyl sites for hydroxylation is 2. The van der Waals surface area contributed by atoms with Crippen molar-refractivity contribution in [2.45, 2.75) is 19.9 Å². The molecule has 2 N–H and O–H groups in total. The van der Waals surface area contributed by atoms with E-state index in [-0.39, 0.29) is 11.9 Å². The zero-order chi connectivity index (χ0) is 17.3. The average molecular weight is 344 g/mol. The van der Waals surface area contributed by atoms with Crippen LogP contribution < -0.4 is 5.32 Å². The molecule has 24 heavy (non-hydrogen) atoms. The summed E-state index contributed by atoms with van der Waals surface area (Å²) in [6.07, 6.45) is 3.43. The van der Waals surface area contributed by atoms with E-state index in [0.717, 1.165) is 16.8 Å². The molecule has 3 aromatic rings. The maximum absolute atomic E-state index is 12.7. The van der Waals surface area contributed by atoms with E-state index in [0.29, 0.717) is 16.3 Å². The van der Waals surface area contributed by atoms with Gasteiger partial charge in [0.15, 0.2) is 0 Å². The number of carbonyl (C=O) groups is 1.